The van der Waals surface area contributed by atoms with Crippen LogP contribution in [0.15, 0.2) is 24.3 Å². The molecule has 88 valence electrons. The lowest BCUT2D eigenvalue weighted by Crippen LogP contribution is -2.04. The van der Waals surface area contributed by atoms with Crippen LogP contribution in [0, 0.1) is 0 Å². The summed E-state index contributed by atoms with van der Waals surface area (Å²) in [5.74, 6) is 1.36. The summed E-state index contributed by atoms with van der Waals surface area (Å²) < 4.78 is 5.68. The molecule has 0 amide bonds. The zero-order chi connectivity index (χ0) is 12.0. The summed E-state index contributed by atoms with van der Waals surface area (Å²) in [6.45, 7) is 6.51. The zero-order valence-electron chi connectivity index (χ0n) is 10.3. The zero-order valence-corrected chi connectivity index (χ0v) is 10.3. The molecule has 16 heavy (non-hydrogen) atoms. The molecule has 1 aromatic carbocycles. The molecule has 0 aliphatic carbocycles. The smallest absolute Gasteiger partial charge is 0.130 e. The predicted octanol–water partition coefficient (Wildman–Crippen LogP) is 3.56. The van der Waals surface area contributed by atoms with E-state index in [4.69, 9.17) is 4.74 Å². The van der Waals surface area contributed by atoms with Crippen molar-refractivity contribution in [1.82, 2.24) is 0 Å². The van der Waals surface area contributed by atoms with E-state index in [0.717, 1.165) is 24.3 Å². The molecule has 1 rings (SSSR count). The van der Waals surface area contributed by atoms with E-state index in [1.807, 2.05) is 24.3 Å². The normalized spacial score (nSPS) is 12.2. The van der Waals surface area contributed by atoms with Gasteiger partial charge in [-0.3, -0.25) is 0 Å². The van der Waals surface area contributed by atoms with E-state index in [9.17, 15) is 4.79 Å². The molecule has 1 atom stereocenters. The first kappa shape index (κ1) is 12.8. The predicted molar refractivity (Wildman–Crippen MR) is 65.9 cm³/mol. The second-order valence-corrected chi connectivity index (χ2v) is 4.19. The Hall–Kier alpha value is -1.31. The van der Waals surface area contributed by atoms with Gasteiger partial charge in [-0.15, -0.1) is 0 Å². The Kier molecular flexibility index (Phi) is 5.03. The van der Waals surface area contributed by atoms with Crippen molar-refractivity contribution in [3.05, 3.63) is 29.8 Å². The summed E-state index contributed by atoms with van der Waals surface area (Å²) in [6.07, 6.45) is 1.57. The van der Waals surface area contributed by atoms with E-state index in [1.165, 1.54) is 0 Å². The first-order chi connectivity index (χ1) is 7.65. The quantitative estimate of drug-likeness (QED) is 0.732. The van der Waals surface area contributed by atoms with Gasteiger partial charge in [0.15, 0.2) is 0 Å². The lowest BCUT2D eigenvalue weighted by Gasteiger charge is -2.15. The lowest BCUT2D eigenvalue weighted by atomic mass is 9.95. The Morgan fingerprint density at radius 2 is 2.06 bits per heavy atom. The first-order valence-electron chi connectivity index (χ1n) is 5.86. The molecule has 0 heterocycles. The number of Topliss-reactive ketones (excluding diaryl/α,β-unsaturated/α-hetero) is 1. The van der Waals surface area contributed by atoms with Crippen molar-refractivity contribution in [2.75, 3.05) is 6.61 Å². The average molecular weight is 220 g/mol. The number of hydrogen-bond acceptors (Lipinski definition) is 2. The summed E-state index contributed by atoms with van der Waals surface area (Å²) in [6, 6.07) is 7.97. The SMILES string of the molecule is CCCOc1ccccc1C(C)CC(C)=O. The maximum atomic E-state index is 11.1. The van der Waals surface area contributed by atoms with Crippen molar-refractivity contribution in [1.29, 1.82) is 0 Å². The molecule has 0 saturated carbocycles. The average Bonchev–Trinajstić information content (AvgIpc) is 2.25. The van der Waals surface area contributed by atoms with Gasteiger partial charge in [0.1, 0.15) is 11.5 Å². The Bertz CT molecular complexity index is 344. The fraction of sp³-hybridized carbons (Fsp3) is 0.500. The molecule has 0 aliphatic rings. The number of carbonyl (C=O) groups is 1. The van der Waals surface area contributed by atoms with Crippen molar-refractivity contribution < 1.29 is 9.53 Å². The van der Waals surface area contributed by atoms with Crippen LogP contribution in [-0.2, 0) is 4.79 Å². The minimum absolute atomic E-state index is 0.220. The molecule has 0 saturated heterocycles. The second kappa shape index (κ2) is 6.31. The molecule has 2 nitrogen and oxygen atoms in total. The van der Waals surface area contributed by atoms with E-state index < -0.39 is 0 Å². The maximum Gasteiger partial charge on any atom is 0.130 e. The van der Waals surface area contributed by atoms with E-state index in [2.05, 4.69) is 13.8 Å². The lowest BCUT2D eigenvalue weighted by molar-refractivity contribution is -0.117. The standard InChI is InChI=1S/C14H20O2/c1-4-9-16-14-8-6-5-7-13(14)11(2)10-12(3)15/h5-8,11H,4,9-10H2,1-3H3. The largest absolute Gasteiger partial charge is 0.493 e. The molecule has 1 aromatic rings. The van der Waals surface area contributed by atoms with Crippen molar-refractivity contribution in [2.45, 2.75) is 39.5 Å². The summed E-state index contributed by atoms with van der Waals surface area (Å²) in [5.41, 5.74) is 1.13. The van der Waals surface area contributed by atoms with E-state index in [0.29, 0.717) is 6.42 Å². The number of benzene rings is 1. The first-order valence-corrected chi connectivity index (χ1v) is 5.86. The Labute approximate surface area is 97.6 Å². The highest BCUT2D eigenvalue weighted by atomic mass is 16.5. The van der Waals surface area contributed by atoms with Gasteiger partial charge in [-0.25, -0.2) is 0 Å². The third-order valence-electron chi connectivity index (χ3n) is 2.51. The summed E-state index contributed by atoms with van der Waals surface area (Å²) >= 11 is 0. The maximum absolute atomic E-state index is 11.1. The van der Waals surface area contributed by atoms with Gasteiger partial charge in [-0.1, -0.05) is 32.0 Å². The van der Waals surface area contributed by atoms with Crippen LogP contribution in [0.2, 0.25) is 0 Å². The Balaban J connectivity index is 2.80. The Morgan fingerprint density at radius 1 is 1.38 bits per heavy atom. The van der Waals surface area contributed by atoms with Crippen LogP contribution in [-0.4, -0.2) is 12.4 Å². The minimum Gasteiger partial charge on any atom is -0.493 e. The monoisotopic (exact) mass is 220 g/mol. The molecule has 0 fully saturated rings. The fourth-order valence-corrected chi connectivity index (χ4v) is 1.77. The second-order valence-electron chi connectivity index (χ2n) is 4.19. The highest BCUT2D eigenvalue weighted by Gasteiger charge is 2.12. The number of carbonyl (C=O) groups excluding carboxylic acids is 1. The van der Waals surface area contributed by atoms with Gasteiger partial charge in [0, 0.05) is 6.42 Å². The van der Waals surface area contributed by atoms with Crippen molar-refractivity contribution in [3.63, 3.8) is 0 Å². The van der Waals surface area contributed by atoms with E-state index >= 15 is 0 Å². The van der Waals surface area contributed by atoms with Crippen LogP contribution in [0.3, 0.4) is 0 Å². The van der Waals surface area contributed by atoms with Crippen LogP contribution in [0.25, 0.3) is 0 Å². The van der Waals surface area contributed by atoms with Crippen LogP contribution in [0.5, 0.6) is 5.75 Å². The topological polar surface area (TPSA) is 26.3 Å². The molecule has 1 unspecified atom stereocenters. The van der Waals surface area contributed by atoms with Crippen molar-refractivity contribution in [2.24, 2.45) is 0 Å². The molecule has 0 N–H and O–H groups in total. The molecule has 0 spiro atoms. The molecular weight excluding hydrogens is 200 g/mol. The highest BCUT2D eigenvalue weighted by Crippen LogP contribution is 2.28. The van der Waals surface area contributed by atoms with E-state index in [-0.39, 0.29) is 11.7 Å². The van der Waals surface area contributed by atoms with Crippen LogP contribution in [0.1, 0.15) is 45.1 Å². The number of ether oxygens (including phenoxy) is 1. The van der Waals surface area contributed by atoms with Gasteiger partial charge in [-0.2, -0.15) is 0 Å². The van der Waals surface area contributed by atoms with Gasteiger partial charge in [-0.05, 0) is 30.9 Å². The van der Waals surface area contributed by atoms with Gasteiger partial charge < -0.3 is 9.53 Å². The third-order valence-corrected chi connectivity index (χ3v) is 2.51. The Morgan fingerprint density at radius 3 is 2.69 bits per heavy atom. The molecular formula is C14H20O2. The number of hydrogen-bond donors (Lipinski definition) is 0. The van der Waals surface area contributed by atoms with E-state index in [1.54, 1.807) is 6.92 Å². The fourth-order valence-electron chi connectivity index (χ4n) is 1.77. The van der Waals surface area contributed by atoms with Gasteiger partial charge in [0.25, 0.3) is 0 Å². The molecule has 0 bridgehead atoms. The number of para-hydroxylation sites is 1. The number of ketones is 1. The van der Waals surface area contributed by atoms with Gasteiger partial charge >= 0.3 is 0 Å². The highest BCUT2D eigenvalue weighted by molar-refractivity contribution is 5.76. The molecule has 0 aliphatic heterocycles. The molecule has 0 aromatic heterocycles. The van der Waals surface area contributed by atoms with Crippen molar-refractivity contribution >= 4 is 5.78 Å². The summed E-state index contributed by atoms with van der Waals surface area (Å²) in [7, 11) is 0. The minimum atomic E-state index is 0.220. The van der Waals surface area contributed by atoms with Crippen LogP contribution < -0.4 is 4.74 Å². The molecule has 2 heteroatoms. The van der Waals surface area contributed by atoms with Gasteiger partial charge in [0.05, 0.1) is 6.61 Å². The number of rotatable bonds is 6. The summed E-state index contributed by atoms with van der Waals surface area (Å²) in [4.78, 5) is 11.1. The molecule has 0 radical (unpaired) electrons. The van der Waals surface area contributed by atoms with Crippen LogP contribution >= 0.6 is 0 Å². The third kappa shape index (κ3) is 3.69. The van der Waals surface area contributed by atoms with Crippen molar-refractivity contribution in [3.8, 4) is 5.75 Å². The van der Waals surface area contributed by atoms with Crippen LogP contribution in [0.4, 0.5) is 0 Å². The summed E-state index contributed by atoms with van der Waals surface area (Å²) in [5, 5.41) is 0. The van der Waals surface area contributed by atoms with Gasteiger partial charge in [0.2, 0.25) is 0 Å².